The molecular formula is C16H15N3O6-2. The van der Waals surface area contributed by atoms with E-state index in [4.69, 9.17) is 0 Å². The highest BCUT2D eigenvalue weighted by molar-refractivity contribution is 5.86. The Balaban J connectivity index is 2.21. The van der Waals surface area contributed by atoms with E-state index in [1.807, 2.05) is 0 Å². The molecule has 132 valence electrons. The minimum absolute atomic E-state index is 0.318. The van der Waals surface area contributed by atoms with Crippen LogP contribution in [-0.2, 0) is 14.4 Å². The maximum atomic E-state index is 12.4. The zero-order chi connectivity index (χ0) is 18.6. The number of amides is 1. The molecule has 0 radical (unpaired) electrons. The van der Waals surface area contributed by atoms with E-state index in [-0.39, 0.29) is 6.42 Å². The first-order chi connectivity index (χ1) is 11.8. The highest BCUT2D eigenvalue weighted by Crippen LogP contribution is 2.09. The van der Waals surface area contributed by atoms with E-state index in [0.29, 0.717) is 10.9 Å². The molecule has 0 unspecified atom stereocenters. The summed E-state index contributed by atoms with van der Waals surface area (Å²) in [6, 6.07) is 4.04. The van der Waals surface area contributed by atoms with Gasteiger partial charge in [-0.15, -0.1) is 0 Å². The Morgan fingerprint density at radius 3 is 2.56 bits per heavy atom. The van der Waals surface area contributed by atoms with Gasteiger partial charge in [-0.3, -0.25) is 14.2 Å². The van der Waals surface area contributed by atoms with Crippen molar-refractivity contribution in [1.82, 2.24) is 14.9 Å². The van der Waals surface area contributed by atoms with Crippen molar-refractivity contribution in [1.29, 1.82) is 0 Å². The summed E-state index contributed by atoms with van der Waals surface area (Å²) in [6.45, 7) is 1.40. The third kappa shape index (κ3) is 4.19. The first-order valence-electron chi connectivity index (χ1n) is 7.48. The minimum atomic E-state index is -1.62. The Morgan fingerprint density at radius 2 is 1.92 bits per heavy atom. The number of carboxylic acid groups (broad SMARTS) is 2. The van der Waals surface area contributed by atoms with Crippen molar-refractivity contribution in [2.75, 3.05) is 0 Å². The number of benzene rings is 1. The van der Waals surface area contributed by atoms with Gasteiger partial charge in [0.15, 0.2) is 0 Å². The van der Waals surface area contributed by atoms with Gasteiger partial charge < -0.3 is 25.1 Å². The fraction of sp³-hybridized carbons (Fsp3) is 0.312. The zero-order valence-electron chi connectivity index (χ0n) is 13.3. The molecule has 9 heteroatoms. The molecule has 1 aromatic carbocycles. The van der Waals surface area contributed by atoms with Gasteiger partial charge in [0.05, 0.1) is 29.2 Å². The number of aliphatic carboxylic acids is 2. The molecular weight excluding hydrogens is 330 g/mol. The SMILES string of the molecule is C[C@@H](C(=O)N[C@@H](CCC(=O)[O-])C(=O)[O-])n1cnc2ccccc2c1=O. The second-order valence-electron chi connectivity index (χ2n) is 5.44. The van der Waals surface area contributed by atoms with Crippen LogP contribution in [-0.4, -0.2) is 33.4 Å². The standard InChI is InChI=1S/C16H17N3O6/c1-9(14(22)18-12(16(24)25)6-7-13(20)21)19-8-17-11-5-3-2-4-10(11)15(19)23/h2-5,8-9,12H,6-7H2,1H3,(H,18,22)(H,20,21)(H,24,25)/p-2/t9-,12-/m0/s1. The van der Waals surface area contributed by atoms with Crippen molar-refractivity contribution in [2.24, 2.45) is 0 Å². The minimum Gasteiger partial charge on any atom is -0.550 e. The van der Waals surface area contributed by atoms with E-state index in [1.165, 1.54) is 13.3 Å². The van der Waals surface area contributed by atoms with Gasteiger partial charge in [-0.25, -0.2) is 4.98 Å². The van der Waals surface area contributed by atoms with Gasteiger partial charge in [-0.2, -0.15) is 0 Å². The van der Waals surface area contributed by atoms with Crippen LogP contribution in [0, 0.1) is 0 Å². The summed E-state index contributed by atoms with van der Waals surface area (Å²) in [7, 11) is 0. The Hall–Kier alpha value is -3.23. The summed E-state index contributed by atoms with van der Waals surface area (Å²) in [5.74, 6) is -3.83. The molecule has 2 rings (SSSR count). The number of hydrogen-bond donors (Lipinski definition) is 1. The van der Waals surface area contributed by atoms with Crippen LogP contribution in [0.3, 0.4) is 0 Å². The largest absolute Gasteiger partial charge is 0.550 e. The number of fused-ring (bicyclic) bond motifs is 1. The molecule has 0 bridgehead atoms. The molecule has 0 aliphatic carbocycles. The number of carbonyl (C=O) groups excluding carboxylic acids is 3. The molecule has 0 aliphatic rings. The van der Waals surface area contributed by atoms with Crippen molar-refractivity contribution in [3.8, 4) is 0 Å². The number of nitrogens with zero attached hydrogens (tertiary/aromatic N) is 2. The summed E-state index contributed by atoms with van der Waals surface area (Å²) in [4.78, 5) is 50.2. The van der Waals surface area contributed by atoms with Crippen LogP contribution < -0.4 is 21.1 Å². The van der Waals surface area contributed by atoms with Crippen LogP contribution in [0.2, 0.25) is 0 Å². The van der Waals surface area contributed by atoms with E-state index < -0.39 is 41.9 Å². The number of carboxylic acids is 2. The van der Waals surface area contributed by atoms with E-state index in [2.05, 4.69) is 10.3 Å². The lowest BCUT2D eigenvalue weighted by atomic mass is 10.1. The van der Waals surface area contributed by atoms with Crippen molar-refractivity contribution in [2.45, 2.75) is 31.8 Å². The predicted molar refractivity (Wildman–Crippen MR) is 81.9 cm³/mol. The highest BCUT2D eigenvalue weighted by Gasteiger charge is 2.21. The lowest BCUT2D eigenvalue weighted by Gasteiger charge is -2.23. The fourth-order valence-corrected chi connectivity index (χ4v) is 2.29. The molecule has 0 fully saturated rings. The van der Waals surface area contributed by atoms with Crippen LogP contribution in [0.4, 0.5) is 0 Å². The van der Waals surface area contributed by atoms with E-state index in [9.17, 15) is 29.4 Å². The quantitative estimate of drug-likeness (QED) is 0.595. The molecule has 0 spiro atoms. The van der Waals surface area contributed by atoms with Crippen LogP contribution in [0.5, 0.6) is 0 Å². The Morgan fingerprint density at radius 1 is 1.24 bits per heavy atom. The van der Waals surface area contributed by atoms with E-state index >= 15 is 0 Å². The summed E-state index contributed by atoms with van der Waals surface area (Å²) < 4.78 is 1.07. The predicted octanol–water partition coefficient (Wildman–Crippen LogP) is -2.28. The van der Waals surface area contributed by atoms with Crippen molar-refractivity contribution < 1.29 is 24.6 Å². The summed E-state index contributed by atoms with van der Waals surface area (Å²) >= 11 is 0. The Labute approximate surface area is 141 Å². The summed E-state index contributed by atoms with van der Waals surface area (Å²) in [5, 5.41) is 24.0. The first kappa shape index (κ1) is 18.1. The Bertz CT molecular complexity index is 876. The third-order valence-corrected chi connectivity index (χ3v) is 3.73. The van der Waals surface area contributed by atoms with Gasteiger partial charge in [0.1, 0.15) is 6.04 Å². The second kappa shape index (κ2) is 7.56. The van der Waals surface area contributed by atoms with Crippen molar-refractivity contribution in [3.63, 3.8) is 0 Å². The van der Waals surface area contributed by atoms with Crippen LogP contribution in [0.25, 0.3) is 10.9 Å². The van der Waals surface area contributed by atoms with Gasteiger partial charge in [0.25, 0.3) is 5.56 Å². The molecule has 25 heavy (non-hydrogen) atoms. The van der Waals surface area contributed by atoms with Crippen LogP contribution in [0.1, 0.15) is 25.8 Å². The molecule has 1 aromatic heterocycles. The normalized spacial score (nSPS) is 13.2. The number of para-hydroxylation sites is 1. The fourth-order valence-electron chi connectivity index (χ4n) is 2.29. The number of carbonyl (C=O) groups is 3. The van der Waals surface area contributed by atoms with Crippen LogP contribution in [0.15, 0.2) is 35.4 Å². The molecule has 1 amide bonds. The average Bonchev–Trinajstić information content (AvgIpc) is 2.58. The lowest BCUT2D eigenvalue weighted by molar-refractivity contribution is -0.310. The molecule has 2 atom stereocenters. The third-order valence-electron chi connectivity index (χ3n) is 3.73. The topological polar surface area (TPSA) is 144 Å². The van der Waals surface area contributed by atoms with Gasteiger partial charge >= 0.3 is 0 Å². The van der Waals surface area contributed by atoms with Crippen molar-refractivity contribution >= 4 is 28.7 Å². The number of rotatable bonds is 7. The lowest BCUT2D eigenvalue weighted by Crippen LogP contribution is -2.50. The summed E-state index contributed by atoms with van der Waals surface area (Å²) in [5.41, 5.74) is 0.0194. The average molecular weight is 345 g/mol. The van der Waals surface area contributed by atoms with Gasteiger partial charge in [0, 0.05) is 5.97 Å². The van der Waals surface area contributed by atoms with Crippen LogP contribution >= 0.6 is 0 Å². The maximum Gasteiger partial charge on any atom is 0.261 e. The molecule has 0 saturated carbocycles. The number of aromatic nitrogens is 2. The molecule has 1 N–H and O–H groups in total. The molecule has 1 heterocycles. The molecule has 2 aromatic rings. The number of nitrogens with one attached hydrogen (secondary N) is 1. The summed E-state index contributed by atoms with van der Waals surface area (Å²) in [6.07, 6.45) is 0.267. The van der Waals surface area contributed by atoms with E-state index in [1.54, 1.807) is 24.3 Å². The smallest absolute Gasteiger partial charge is 0.261 e. The monoisotopic (exact) mass is 345 g/mol. The zero-order valence-corrected chi connectivity index (χ0v) is 13.3. The van der Waals surface area contributed by atoms with Gasteiger partial charge in [-0.05, 0) is 31.9 Å². The Kier molecular flexibility index (Phi) is 5.48. The maximum absolute atomic E-state index is 12.4. The molecule has 0 saturated heterocycles. The number of hydrogen-bond acceptors (Lipinski definition) is 7. The van der Waals surface area contributed by atoms with Gasteiger partial charge in [-0.1, -0.05) is 12.1 Å². The van der Waals surface area contributed by atoms with Gasteiger partial charge in [0.2, 0.25) is 5.91 Å². The molecule has 0 aliphatic heterocycles. The highest BCUT2D eigenvalue weighted by atomic mass is 16.4. The first-order valence-corrected chi connectivity index (χ1v) is 7.48. The van der Waals surface area contributed by atoms with E-state index in [0.717, 1.165) is 4.57 Å². The molecule has 9 nitrogen and oxygen atoms in total. The van der Waals surface area contributed by atoms with Crippen molar-refractivity contribution in [3.05, 3.63) is 40.9 Å². The second-order valence-corrected chi connectivity index (χ2v) is 5.44.